The summed E-state index contributed by atoms with van der Waals surface area (Å²) >= 11 is 6.33. The van der Waals surface area contributed by atoms with Crippen molar-refractivity contribution in [3.05, 3.63) is 117 Å². The Morgan fingerprint density at radius 3 is 1.66 bits per heavy atom. The zero-order valence-electron chi connectivity index (χ0n) is 20.0. The van der Waals surface area contributed by atoms with Gasteiger partial charge in [0.2, 0.25) is 11.8 Å². The second-order valence-corrected chi connectivity index (χ2v) is 10.4. The standard InChI is InChI=1S/C31H26ClNO2/c1-17-4-9-20(10-5-17)26(21-11-6-18(2)7-12-21)27-23-14-15-24(27)29-28(23)30(34)33(31(29)35)22-13-8-19(3)25(32)16-22/h4-16,23-24,28-29H,1-3H3. The number of carbonyl (C=O) groups is 2. The number of allylic oxidation sites excluding steroid dienone is 3. The molecule has 2 amide bonds. The monoisotopic (exact) mass is 479 g/mol. The molecule has 4 heteroatoms. The highest BCUT2D eigenvalue weighted by Crippen LogP contribution is 2.59. The van der Waals surface area contributed by atoms with E-state index in [2.05, 4.69) is 74.5 Å². The predicted molar refractivity (Wildman–Crippen MR) is 140 cm³/mol. The summed E-state index contributed by atoms with van der Waals surface area (Å²) in [4.78, 5) is 28.8. The van der Waals surface area contributed by atoms with Crippen LogP contribution in [0.25, 0.3) is 5.57 Å². The molecule has 1 heterocycles. The second-order valence-electron chi connectivity index (χ2n) is 10.00. The number of hydrogen-bond acceptors (Lipinski definition) is 2. The van der Waals surface area contributed by atoms with E-state index in [1.165, 1.54) is 21.6 Å². The van der Waals surface area contributed by atoms with Gasteiger partial charge in [0.15, 0.2) is 0 Å². The Hall–Kier alpha value is -3.43. The largest absolute Gasteiger partial charge is 0.274 e. The Kier molecular flexibility index (Phi) is 5.08. The summed E-state index contributed by atoms with van der Waals surface area (Å²) in [7, 11) is 0. The first-order valence-electron chi connectivity index (χ1n) is 12.1. The highest BCUT2D eigenvalue weighted by atomic mass is 35.5. The van der Waals surface area contributed by atoms with Crippen LogP contribution >= 0.6 is 11.6 Å². The molecular weight excluding hydrogens is 454 g/mol. The number of nitrogens with zero attached hydrogens (tertiary/aromatic N) is 1. The van der Waals surface area contributed by atoms with Gasteiger partial charge in [0, 0.05) is 16.9 Å². The first kappa shape index (κ1) is 22.1. The average molecular weight is 480 g/mol. The van der Waals surface area contributed by atoms with Crippen molar-refractivity contribution in [3.63, 3.8) is 0 Å². The van der Waals surface area contributed by atoms with Crippen molar-refractivity contribution >= 4 is 34.7 Å². The molecule has 4 atom stereocenters. The van der Waals surface area contributed by atoms with Gasteiger partial charge in [-0.3, -0.25) is 9.59 Å². The molecule has 2 fully saturated rings. The third-order valence-corrected chi connectivity index (χ3v) is 8.21. The van der Waals surface area contributed by atoms with Gasteiger partial charge in [0.25, 0.3) is 0 Å². The zero-order valence-corrected chi connectivity index (χ0v) is 20.7. The second kappa shape index (κ2) is 8.07. The fourth-order valence-corrected chi connectivity index (χ4v) is 6.19. The van der Waals surface area contributed by atoms with Crippen LogP contribution < -0.4 is 4.90 Å². The SMILES string of the molecule is Cc1ccc(C(=C2C3C=CC2C2C(=O)N(c4ccc(C)c(Cl)c4)C(=O)C32)c2ccc(C)cc2)cc1. The van der Waals surface area contributed by atoms with Crippen molar-refractivity contribution in [1.29, 1.82) is 0 Å². The molecule has 0 N–H and O–H groups in total. The molecule has 6 rings (SSSR count). The zero-order chi connectivity index (χ0) is 24.4. The van der Waals surface area contributed by atoms with Gasteiger partial charge in [-0.1, -0.05) is 89.5 Å². The Labute approximate surface area is 210 Å². The van der Waals surface area contributed by atoms with Crippen LogP contribution in [0.1, 0.15) is 27.8 Å². The molecule has 0 aromatic heterocycles. The van der Waals surface area contributed by atoms with Gasteiger partial charge in [-0.25, -0.2) is 4.90 Å². The minimum atomic E-state index is -0.376. The number of aryl methyl sites for hydroxylation is 3. The van der Waals surface area contributed by atoms with Crippen LogP contribution in [0, 0.1) is 44.4 Å². The summed E-state index contributed by atoms with van der Waals surface area (Å²) in [5.74, 6) is -1.19. The molecular formula is C31H26ClNO2. The van der Waals surface area contributed by atoms with E-state index in [1.807, 2.05) is 19.1 Å². The summed E-state index contributed by atoms with van der Waals surface area (Å²) in [6.07, 6.45) is 4.28. The molecule has 0 spiro atoms. The predicted octanol–water partition coefficient (Wildman–Crippen LogP) is 6.69. The number of amides is 2. The van der Waals surface area contributed by atoms with Crippen LogP contribution in [0.2, 0.25) is 5.02 Å². The van der Waals surface area contributed by atoms with Crippen molar-refractivity contribution in [1.82, 2.24) is 0 Å². The van der Waals surface area contributed by atoms with E-state index in [4.69, 9.17) is 11.6 Å². The summed E-state index contributed by atoms with van der Waals surface area (Å²) in [5, 5.41) is 0.558. The Balaban J connectivity index is 1.48. The number of halogens is 1. The van der Waals surface area contributed by atoms with E-state index in [0.29, 0.717) is 10.7 Å². The van der Waals surface area contributed by atoms with Gasteiger partial charge in [0.1, 0.15) is 0 Å². The average Bonchev–Trinajstić information content (AvgIpc) is 3.48. The van der Waals surface area contributed by atoms with Crippen molar-refractivity contribution in [2.45, 2.75) is 20.8 Å². The van der Waals surface area contributed by atoms with E-state index < -0.39 is 0 Å². The van der Waals surface area contributed by atoms with Crippen LogP contribution in [0.4, 0.5) is 5.69 Å². The smallest absolute Gasteiger partial charge is 0.238 e. The minimum Gasteiger partial charge on any atom is -0.274 e. The molecule has 1 aliphatic heterocycles. The number of hydrogen-bond donors (Lipinski definition) is 0. The molecule has 3 nitrogen and oxygen atoms in total. The highest BCUT2D eigenvalue weighted by molar-refractivity contribution is 6.32. The van der Waals surface area contributed by atoms with E-state index >= 15 is 0 Å². The van der Waals surface area contributed by atoms with Gasteiger partial charge in [-0.15, -0.1) is 0 Å². The van der Waals surface area contributed by atoms with Gasteiger partial charge in [-0.05, 0) is 60.7 Å². The Morgan fingerprint density at radius 2 is 1.20 bits per heavy atom. The van der Waals surface area contributed by atoms with Crippen molar-refractivity contribution in [2.75, 3.05) is 4.90 Å². The lowest BCUT2D eigenvalue weighted by molar-refractivity contribution is -0.122. The van der Waals surface area contributed by atoms with Crippen LogP contribution in [0.15, 0.2) is 84.5 Å². The molecule has 2 aliphatic carbocycles. The van der Waals surface area contributed by atoms with Gasteiger partial charge < -0.3 is 0 Å². The molecule has 4 unspecified atom stereocenters. The molecule has 2 bridgehead atoms. The Bertz CT molecular complexity index is 1350. The molecule has 3 aromatic rings. The fourth-order valence-electron chi connectivity index (χ4n) is 6.01. The molecule has 0 radical (unpaired) electrons. The maximum atomic E-state index is 13.7. The third-order valence-electron chi connectivity index (χ3n) is 7.80. The van der Waals surface area contributed by atoms with Crippen molar-refractivity contribution in [2.24, 2.45) is 23.7 Å². The Morgan fingerprint density at radius 1 is 0.714 bits per heavy atom. The highest BCUT2D eigenvalue weighted by Gasteiger charge is 2.62. The molecule has 3 aromatic carbocycles. The topological polar surface area (TPSA) is 37.4 Å². The maximum absolute atomic E-state index is 13.7. The quantitative estimate of drug-likeness (QED) is 0.310. The lowest BCUT2D eigenvalue weighted by Gasteiger charge is -2.22. The molecule has 35 heavy (non-hydrogen) atoms. The van der Waals surface area contributed by atoms with Gasteiger partial charge >= 0.3 is 0 Å². The maximum Gasteiger partial charge on any atom is 0.238 e. The first-order chi connectivity index (χ1) is 16.8. The van der Waals surface area contributed by atoms with Gasteiger partial charge in [0.05, 0.1) is 17.5 Å². The normalized spacial score (nSPS) is 24.5. The van der Waals surface area contributed by atoms with Crippen LogP contribution in [-0.4, -0.2) is 11.8 Å². The van der Waals surface area contributed by atoms with E-state index in [0.717, 1.165) is 22.3 Å². The summed E-state index contributed by atoms with van der Waals surface area (Å²) in [5.41, 5.74) is 8.45. The van der Waals surface area contributed by atoms with Crippen molar-refractivity contribution in [3.8, 4) is 0 Å². The number of imide groups is 1. The fraction of sp³-hybridized carbons (Fsp3) is 0.226. The number of anilines is 1. The third kappa shape index (κ3) is 3.33. The van der Waals surface area contributed by atoms with Crippen LogP contribution in [-0.2, 0) is 9.59 Å². The number of fused-ring (bicyclic) bond motifs is 5. The van der Waals surface area contributed by atoms with E-state index in [1.54, 1.807) is 6.07 Å². The summed E-state index contributed by atoms with van der Waals surface area (Å²) in [6.45, 7) is 6.07. The number of carbonyl (C=O) groups excluding carboxylic acids is 2. The number of rotatable bonds is 3. The number of benzene rings is 3. The minimum absolute atomic E-state index is 0.0926. The lowest BCUT2D eigenvalue weighted by atomic mass is 9.85. The van der Waals surface area contributed by atoms with Crippen molar-refractivity contribution < 1.29 is 9.59 Å². The molecule has 174 valence electrons. The van der Waals surface area contributed by atoms with Gasteiger partial charge in [-0.2, -0.15) is 0 Å². The van der Waals surface area contributed by atoms with E-state index in [9.17, 15) is 9.59 Å². The van der Waals surface area contributed by atoms with Crippen LogP contribution in [0.5, 0.6) is 0 Å². The van der Waals surface area contributed by atoms with E-state index in [-0.39, 0.29) is 35.5 Å². The first-order valence-corrected chi connectivity index (χ1v) is 12.4. The lowest BCUT2D eigenvalue weighted by Crippen LogP contribution is -2.33. The summed E-state index contributed by atoms with van der Waals surface area (Å²) in [6, 6.07) is 22.5. The molecule has 1 saturated heterocycles. The van der Waals surface area contributed by atoms with Crippen LogP contribution in [0.3, 0.4) is 0 Å². The summed E-state index contributed by atoms with van der Waals surface area (Å²) < 4.78 is 0. The molecule has 1 saturated carbocycles. The molecule has 3 aliphatic rings.